The molecule has 0 bridgehead atoms. The summed E-state index contributed by atoms with van der Waals surface area (Å²) >= 11 is 0. The lowest BCUT2D eigenvalue weighted by Crippen LogP contribution is -2.51. The standard InChI is InChI=1S/C13H23N3O2/c1-2-10-8-16(7-5-11(10)14)13(18)9-15-6-3-4-12(15)17/h10-11H,2-9,14H2,1H3. The molecule has 2 atom stereocenters. The number of rotatable bonds is 3. The summed E-state index contributed by atoms with van der Waals surface area (Å²) in [7, 11) is 0. The number of piperidine rings is 1. The molecule has 2 amide bonds. The molecular formula is C13H23N3O2. The van der Waals surface area contributed by atoms with Gasteiger partial charge in [0.1, 0.15) is 0 Å². The van der Waals surface area contributed by atoms with E-state index in [1.807, 2.05) is 4.90 Å². The third-order valence-corrected chi connectivity index (χ3v) is 4.17. The normalized spacial score (nSPS) is 28.9. The predicted molar refractivity (Wildman–Crippen MR) is 68.8 cm³/mol. The van der Waals surface area contributed by atoms with Gasteiger partial charge in [0.05, 0.1) is 6.54 Å². The Hall–Kier alpha value is -1.10. The van der Waals surface area contributed by atoms with Crippen molar-refractivity contribution < 1.29 is 9.59 Å². The van der Waals surface area contributed by atoms with Gasteiger partial charge in [-0.3, -0.25) is 9.59 Å². The van der Waals surface area contributed by atoms with Crippen LogP contribution in [0.5, 0.6) is 0 Å². The summed E-state index contributed by atoms with van der Waals surface area (Å²) < 4.78 is 0. The van der Waals surface area contributed by atoms with Gasteiger partial charge >= 0.3 is 0 Å². The van der Waals surface area contributed by atoms with Gasteiger partial charge in [0, 0.05) is 32.1 Å². The van der Waals surface area contributed by atoms with Crippen molar-refractivity contribution in [3.8, 4) is 0 Å². The Labute approximate surface area is 108 Å². The molecule has 0 aromatic carbocycles. The van der Waals surface area contributed by atoms with Crippen molar-refractivity contribution in [2.75, 3.05) is 26.2 Å². The molecule has 2 aliphatic heterocycles. The van der Waals surface area contributed by atoms with Crippen LogP contribution in [-0.2, 0) is 9.59 Å². The zero-order chi connectivity index (χ0) is 13.1. The molecule has 2 N–H and O–H groups in total. The number of carbonyl (C=O) groups is 2. The minimum Gasteiger partial charge on any atom is -0.341 e. The smallest absolute Gasteiger partial charge is 0.242 e. The second-order valence-corrected chi connectivity index (χ2v) is 5.38. The summed E-state index contributed by atoms with van der Waals surface area (Å²) in [6, 6.07) is 0.215. The maximum absolute atomic E-state index is 12.2. The van der Waals surface area contributed by atoms with Crippen LogP contribution in [0.15, 0.2) is 0 Å². The van der Waals surface area contributed by atoms with Gasteiger partial charge in [-0.1, -0.05) is 13.3 Å². The largest absolute Gasteiger partial charge is 0.341 e. The first-order chi connectivity index (χ1) is 8.61. The third-order valence-electron chi connectivity index (χ3n) is 4.17. The van der Waals surface area contributed by atoms with Crippen molar-refractivity contribution in [2.24, 2.45) is 11.7 Å². The average molecular weight is 253 g/mol. The van der Waals surface area contributed by atoms with Crippen LogP contribution in [0.25, 0.3) is 0 Å². The number of carbonyl (C=O) groups excluding carboxylic acids is 2. The van der Waals surface area contributed by atoms with E-state index in [1.54, 1.807) is 4.90 Å². The topological polar surface area (TPSA) is 66.6 Å². The van der Waals surface area contributed by atoms with Crippen LogP contribution >= 0.6 is 0 Å². The fourth-order valence-corrected chi connectivity index (χ4v) is 2.84. The second-order valence-electron chi connectivity index (χ2n) is 5.38. The number of likely N-dealkylation sites (tertiary alicyclic amines) is 2. The molecule has 0 aliphatic carbocycles. The molecule has 5 nitrogen and oxygen atoms in total. The van der Waals surface area contributed by atoms with Gasteiger partial charge in [0.15, 0.2) is 0 Å². The first-order valence-corrected chi connectivity index (χ1v) is 6.93. The fourth-order valence-electron chi connectivity index (χ4n) is 2.84. The Balaban J connectivity index is 1.87. The SMILES string of the molecule is CCC1CN(C(=O)CN2CCCC2=O)CCC1N. The average Bonchev–Trinajstić information content (AvgIpc) is 2.75. The van der Waals surface area contributed by atoms with Crippen molar-refractivity contribution in [1.82, 2.24) is 9.80 Å². The van der Waals surface area contributed by atoms with E-state index < -0.39 is 0 Å². The fraction of sp³-hybridized carbons (Fsp3) is 0.846. The molecule has 18 heavy (non-hydrogen) atoms. The summed E-state index contributed by atoms with van der Waals surface area (Å²) in [6.45, 7) is 4.58. The summed E-state index contributed by atoms with van der Waals surface area (Å²) in [5.41, 5.74) is 6.04. The van der Waals surface area contributed by atoms with Gasteiger partial charge in [-0.05, 0) is 18.8 Å². The van der Waals surface area contributed by atoms with E-state index in [1.165, 1.54) is 0 Å². The number of nitrogens with zero attached hydrogens (tertiary/aromatic N) is 2. The van der Waals surface area contributed by atoms with E-state index in [-0.39, 0.29) is 24.4 Å². The Morgan fingerprint density at radius 2 is 2.22 bits per heavy atom. The van der Waals surface area contributed by atoms with E-state index in [9.17, 15) is 9.59 Å². The van der Waals surface area contributed by atoms with Crippen molar-refractivity contribution in [1.29, 1.82) is 0 Å². The molecule has 0 saturated carbocycles. The van der Waals surface area contributed by atoms with E-state index in [0.717, 1.165) is 38.9 Å². The zero-order valence-corrected chi connectivity index (χ0v) is 11.1. The lowest BCUT2D eigenvalue weighted by atomic mass is 9.91. The Morgan fingerprint density at radius 1 is 1.44 bits per heavy atom. The highest BCUT2D eigenvalue weighted by Crippen LogP contribution is 2.19. The molecule has 2 fully saturated rings. The Bertz CT molecular complexity index is 332. The number of nitrogens with two attached hydrogens (primary N) is 1. The van der Waals surface area contributed by atoms with E-state index in [2.05, 4.69) is 6.92 Å². The van der Waals surface area contributed by atoms with Crippen LogP contribution in [0, 0.1) is 5.92 Å². The van der Waals surface area contributed by atoms with Gasteiger partial charge in [0.25, 0.3) is 0 Å². The summed E-state index contributed by atoms with van der Waals surface area (Å²) in [5, 5.41) is 0. The molecule has 2 saturated heterocycles. The number of amides is 2. The molecule has 0 aromatic heterocycles. The molecule has 2 unspecified atom stereocenters. The van der Waals surface area contributed by atoms with E-state index in [4.69, 9.17) is 5.73 Å². The lowest BCUT2D eigenvalue weighted by Gasteiger charge is -2.37. The molecule has 2 heterocycles. The van der Waals surface area contributed by atoms with E-state index >= 15 is 0 Å². The molecule has 2 rings (SSSR count). The summed E-state index contributed by atoms with van der Waals surface area (Å²) in [4.78, 5) is 27.2. The Morgan fingerprint density at radius 3 is 2.83 bits per heavy atom. The monoisotopic (exact) mass is 253 g/mol. The van der Waals surface area contributed by atoms with Crippen LogP contribution in [-0.4, -0.2) is 53.8 Å². The zero-order valence-electron chi connectivity index (χ0n) is 11.1. The lowest BCUT2D eigenvalue weighted by molar-refractivity contribution is -0.139. The van der Waals surface area contributed by atoms with Crippen LogP contribution in [0.1, 0.15) is 32.6 Å². The minimum atomic E-state index is 0.0793. The molecule has 5 heteroatoms. The van der Waals surface area contributed by atoms with Gasteiger partial charge < -0.3 is 15.5 Å². The Kier molecular flexibility index (Phi) is 4.22. The van der Waals surface area contributed by atoms with Crippen LogP contribution in [0.4, 0.5) is 0 Å². The number of hydrogen-bond donors (Lipinski definition) is 1. The van der Waals surface area contributed by atoms with Crippen molar-refractivity contribution >= 4 is 11.8 Å². The summed E-state index contributed by atoms with van der Waals surface area (Å²) in [6.07, 6.45) is 3.36. The maximum Gasteiger partial charge on any atom is 0.242 e. The van der Waals surface area contributed by atoms with Gasteiger partial charge in [-0.2, -0.15) is 0 Å². The highest BCUT2D eigenvalue weighted by molar-refractivity contribution is 5.85. The van der Waals surface area contributed by atoms with Crippen LogP contribution in [0.3, 0.4) is 0 Å². The number of hydrogen-bond acceptors (Lipinski definition) is 3. The van der Waals surface area contributed by atoms with Crippen LogP contribution in [0.2, 0.25) is 0 Å². The quantitative estimate of drug-likeness (QED) is 0.781. The van der Waals surface area contributed by atoms with Crippen LogP contribution < -0.4 is 5.73 Å². The predicted octanol–water partition coefficient (Wildman–Crippen LogP) is 0.195. The van der Waals surface area contributed by atoms with E-state index in [0.29, 0.717) is 12.3 Å². The third kappa shape index (κ3) is 2.83. The molecule has 102 valence electrons. The van der Waals surface area contributed by atoms with Gasteiger partial charge in [-0.25, -0.2) is 0 Å². The van der Waals surface area contributed by atoms with Crippen molar-refractivity contribution in [2.45, 2.75) is 38.6 Å². The minimum absolute atomic E-state index is 0.0793. The maximum atomic E-state index is 12.2. The van der Waals surface area contributed by atoms with Gasteiger partial charge in [0.2, 0.25) is 11.8 Å². The van der Waals surface area contributed by atoms with Crippen molar-refractivity contribution in [3.05, 3.63) is 0 Å². The summed E-state index contributed by atoms with van der Waals surface area (Å²) in [5.74, 6) is 0.594. The second kappa shape index (κ2) is 5.69. The first kappa shape index (κ1) is 13.3. The molecular weight excluding hydrogens is 230 g/mol. The first-order valence-electron chi connectivity index (χ1n) is 6.93. The van der Waals surface area contributed by atoms with Crippen molar-refractivity contribution in [3.63, 3.8) is 0 Å². The molecule has 0 radical (unpaired) electrons. The highest BCUT2D eigenvalue weighted by Gasteiger charge is 2.30. The highest BCUT2D eigenvalue weighted by atomic mass is 16.2. The molecule has 0 spiro atoms. The van der Waals surface area contributed by atoms with Gasteiger partial charge in [-0.15, -0.1) is 0 Å². The molecule has 2 aliphatic rings. The molecule has 0 aromatic rings.